The van der Waals surface area contributed by atoms with E-state index in [0.29, 0.717) is 18.1 Å². The van der Waals surface area contributed by atoms with Crippen molar-refractivity contribution in [1.82, 2.24) is 20.2 Å². The first-order valence-corrected chi connectivity index (χ1v) is 10.6. The van der Waals surface area contributed by atoms with Gasteiger partial charge in [-0.2, -0.15) is 18.2 Å². The number of benzene rings is 1. The van der Waals surface area contributed by atoms with Gasteiger partial charge >= 0.3 is 10.4 Å². The Morgan fingerprint density at radius 2 is 1.93 bits per heavy atom. The lowest BCUT2D eigenvalue weighted by Gasteiger charge is -2.26. The molecule has 1 aromatic carbocycles. The molecule has 1 amide bonds. The van der Waals surface area contributed by atoms with Gasteiger partial charge in [-0.1, -0.05) is 29.6 Å². The number of aromatic nitrogens is 2. The van der Waals surface area contributed by atoms with Gasteiger partial charge in [0.25, 0.3) is 5.91 Å². The molecule has 1 aromatic heterocycles. The molecule has 28 heavy (non-hydrogen) atoms. The third-order valence-electron chi connectivity index (χ3n) is 4.22. The second-order valence-electron chi connectivity index (χ2n) is 6.29. The fourth-order valence-corrected chi connectivity index (χ4v) is 3.80. The lowest BCUT2D eigenvalue weighted by Crippen LogP contribution is -2.45. The second-order valence-corrected chi connectivity index (χ2v) is 8.15. The van der Waals surface area contributed by atoms with Crippen molar-refractivity contribution >= 4 is 39.5 Å². The van der Waals surface area contributed by atoms with Crippen molar-refractivity contribution in [3.8, 4) is 11.6 Å². The summed E-state index contributed by atoms with van der Waals surface area (Å²) in [6, 6.07) is 4.44. The second kappa shape index (κ2) is 8.26. The van der Waals surface area contributed by atoms with Crippen molar-refractivity contribution in [3.05, 3.63) is 39.5 Å². The third-order valence-corrected chi connectivity index (χ3v) is 5.13. The Balaban J connectivity index is 2.03. The van der Waals surface area contributed by atoms with Gasteiger partial charge < -0.3 is 4.18 Å². The van der Waals surface area contributed by atoms with E-state index >= 15 is 0 Å². The molecule has 2 aromatic rings. The van der Waals surface area contributed by atoms with E-state index in [2.05, 4.69) is 14.7 Å². The number of hydrogen-bond donors (Lipinski definition) is 2. The summed E-state index contributed by atoms with van der Waals surface area (Å²) in [7, 11) is -4.86. The maximum atomic E-state index is 12.7. The highest BCUT2D eigenvalue weighted by Gasteiger charge is 2.27. The summed E-state index contributed by atoms with van der Waals surface area (Å²) in [6.07, 6.45) is 3.03. The Kier molecular flexibility index (Phi) is 6.15. The zero-order chi connectivity index (χ0) is 20.5. The van der Waals surface area contributed by atoms with E-state index in [1.165, 1.54) is 25.1 Å². The molecular formula is C16H18Cl2N4O5S. The fourth-order valence-electron chi connectivity index (χ4n) is 2.91. The zero-order valence-electron chi connectivity index (χ0n) is 14.9. The maximum Gasteiger partial charge on any atom is 0.448 e. The van der Waals surface area contributed by atoms with Crippen molar-refractivity contribution in [2.75, 3.05) is 13.1 Å². The molecule has 0 radical (unpaired) electrons. The Labute approximate surface area is 172 Å². The normalized spacial score (nSPS) is 15.4. The van der Waals surface area contributed by atoms with Crippen LogP contribution >= 0.6 is 23.2 Å². The zero-order valence-corrected chi connectivity index (χ0v) is 17.2. The highest BCUT2D eigenvalue weighted by Crippen LogP contribution is 2.31. The molecule has 0 bridgehead atoms. The van der Waals surface area contributed by atoms with Crippen LogP contribution in [0.25, 0.3) is 5.69 Å². The minimum atomic E-state index is -4.86. The van der Waals surface area contributed by atoms with E-state index < -0.39 is 16.3 Å². The van der Waals surface area contributed by atoms with E-state index in [1.54, 1.807) is 5.01 Å². The first-order valence-electron chi connectivity index (χ1n) is 8.43. The first-order chi connectivity index (χ1) is 13.2. The molecule has 1 aliphatic heterocycles. The number of nitrogens with one attached hydrogen (secondary N) is 1. The smallest absolute Gasteiger partial charge is 0.341 e. The molecule has 9 nitrogen and oxygen atoms in total. The van der Waals surface area contributed by atoms with Gasteiger partial charge in [-0.05, 0) is 38.0 Å². The molecule has 1 saturated heterocycles. The van der Waals surface area contributed by atoms with Gasteiger partial charge in [0.1, 0.15) is 0 Å². The van der Waals surface area contributed by atoms with Crippen LogP contribution in [0.4, 0.5) is 0 Å². The summed E-state index contributed by atoms with van der Waals surface area (Å²) in [5.41, 5.74) is 3.04. The molecule has 1 fully saturated rings. The van der Waals surface area contributed by atoms with Crippen LogP contribution in [-0.4, -0.2) is 46.8 Å². The third kappa shape index (κ3) is 4.76. The van der Waals surface area contributed by atoms with Crippen molar-refractivity contribution in [2.24, 2.45) is 0 Å². The first kappa shape index (κ1) is 20.9. The van der Waals surface area contributed by atoms with Crippen LogP contribution in [0.3, 0.4) is 0 Å². The highest BCUT2D eigenvalue weighted by molar-refractivity contribution is 7.81. The van der Waals surface area contributed by atoms with Crippen LogP contribution in [0.1, 0.15) is 35.3 Å². The molecule has 0 spiro atoms. The van der Waals surface area contributed by atoms with Crippen LogP contribution in [-0.2, 0) is 10.4 Å². The number of hydrazine groups is 1. The Morgan fingerprint density at radius 3 is 2.54 bits per heavy atom. The molecule has 152 valence electrons. The van der Waals surface area contributed by atoms with E-state index in [0.717, 1.165) is 23.9 Å². The SMILES string of the molecule is Cc1c(C(=O)NN2CCCCC2)nn(-c2ccc(Cl)cc2Cl)c1OS(=O)(=O)O. The molecule has 0 unspecified atom stereocenters. The predicted octanol–water partition coefficient (Wildman–Crippen LogP) is 2.80. The monoisotopic (exact) mass is 448 g/mol. The maximum absolute atomic E-state index is 12.7. The topological polar surface area (TPSA) is 114 Å². The Hall–Kier alpha value is -1.85. The van der Waals surface area contributed by atoms with Crippen molar-refractivity contribution in [1.29, 1.82) is 0 Å². The lowest BCUT2D eigenvalue weighted by atomic mass is 10.2. The lowest BCUT2D eigenvalue weighted by molar-refractivity contribution is 0.0743. The largest absolute Gasteiger partial charge is 0.448 e. The summed E-state index contributed by atoms with van der Waals surface area (Å²) in [5.74, 6) is -0.876. The standard InChI is InChI=1S/C16H18Cl2N4O5S/c1-10-14(15(23)20-21-7-3-2-4-8-21)19-22(16(10)27-28(24,25)26)13-6-5-11(17)9-12(13)18/h5-6,9H,2-4,7-8H2,1H3,(H,20,23)(H,24,25,26). The predicted molar refractivity (Wildman–Crippen MR) is 103 cm³/mol. The van der Waals surface area contributed by atoms with Crippen LogP contribution in [0.15, 0.2) is 18.2 Å². The van der Waals surface area contributed by atoms with E-state index in [9.17, 15) is 13.2 Å². The number of nitrogens with zero attached hydrogens (tertiary/aromatic N) is 3. The summed E-state index contributed by atoms with van der Waals surface area (Å²) in [6.45, 7) is 2.88. The molecule has 1 aliphatic rings. The average Bonchev–Trinajstić information content (AvgIpc) is 2.91. The Bertz CT molecular complexity index is 1000. The number of piperidine rings is 1. The molecule has 12 heteroatoms. The van der Waals surface area contributed by atoms with Crippen LogP contribution in [0, 0.1) is 6.92 Å². The minimum absolute atomic E-state index is 0.0600. The number of hydrogen-bond acceptors (Lipinski definition) is 6. The number of carbonyl (C=O) groups excluding carboxylic acids is 1. The van der Waals surface area contributed by atoms with Gasteiger partial charge in [0, 0.05) is 23.7 Å². The molecule has 2 N–H and O–H groups in total. The van der Waals surface area contributed by atoms with Gasteiger partial charge in [-0.15, -0.1) is 0 Å². The molecule has 0 atom stereocenters. The average molecular weight is 449 g/mol. The van der Waals surface area contributed by atoms with Crippen molar-refractivity contribution < 1.29 is 21.9 Å². The fraction of sp³-hybridized carbons (Fsp3) is 0.375. The minimum Gasteiger partial charge on any atom is -0.341 e. The molecular weight excluding hydrogens is 431 g/mol. The quantitative estimate of drug-likeness (QED) is 0.675. The summed E-state index contributed by atoms with van der Waals surface area (Å²) in [5, 5.41) is 6.46. The summed E-state index contributed by atoms with van der Waals surface area (Å²) < 4.78 is 37.4. The molecule has 3 rings (SSSR count). The molecule has 0 saturated carbocycles. The summed E-state index contributed by atoms with van der Waals surface area (Å²) >= 11 is 12.1. The highest BCUT2D eigenvalue weighted by atomic mass is 35.5. The van der Waals surface area contributed by atoms with Crippen molar-refractivity contribution in [3.63, 3.8) is 0 Å². The summed E-state index contributed by atoms with van der Waals surface area (Å²) in [4.78, 5) is 12.7. The van der Waals surface area contributed by atoms with E-state index in [1.807, 2.05) is 0 Å². The number of rotatable bonds is 5. The van der Waals surface area contributed by atoms with Gasteiger partial charge in [0.2, 0.25) is 5.88 Å². The van der Waals surface area contributed by atoms with Gasteiger partial charge in [0.15, 0.2) is 5.69 Å². The number of carbonyl (C=O) groups is 1. The number of halogens is 2. The van der Waals surface area contributed by atoms with Crippen LogP contribution < -0.4 is 9.61 Å². The number of amides is 1. The van der Waals surface area contributed by atoms with Gasteiger partial charge in [-0.3, -0.25) is 14.8 Å². The molecule has 0 aliphatic carbocycles. The van der Waals surface area contributed by atoms with E-state index in [4.69, 9.17) is 27.8 Å². The van der Waals surface area contributed by atoms with Crippen LogP contribution in [0.2, 0.25) is 10.0 Å². The Morgan fingerprint density at radius 1 is 1.25 bits per heavy atom. The van der Waals surface area contributed by atoms with Gasteiger partial charge in [-0.25, -0.2) is 5.01 Å². The van der Waals surface area contributed by atoms with Gasteiger partial charge in [0.05, 0.1) is 10.7 Å². The molecule has 2 heterocycles. The van der Waals surface area contributed by atoms with E-state index in [-0.39, 0.29) is 27.8 Å². The van der Waals surface area contributed by atoms with Crippen LogP contribution in [0.5, 0.6) is 5.88 Å². The van der Waals surface area contributed by atoms with Crippen molar-refractivity contribution in [2.45, 2.75) is 26.2 Å².